The fourth-order valence-electron chi connectivity index (χ4n) is 2.24. The van der Waals surface area contributed by atoms with Gasteiger partial charge in [-0.15, -0.1) is 0 Å². The summed E-state index contributed by atoms with van der Waals surface area (Å²) >= 11 is 1.31. The van der Waals surface area contributed by atoms with E-state index in [1.807, 2.05) is 13.8 Å². The zero-order valence-electron chi connectivity index (χ0n) is 12.5. The van der Waals surface area contributed by atoms with Gasteiger partial charge in [-0.1, -0.05) is 11.3 Å². The van der Waals surface area contributed by atoms with Crippen molar-refractivity contribution in [3.05, 3.63) is 4.88 Å². The van der Waals surface area contributed by atoms with E-state index in [0.717, 1.165) is 24.6 Å². The molecule has 1 aliphatic heterocycles. The molecular weight excluding hydrogens is 290 g/mol. The van der Waals surface area contributed by atoms with Crippen molar-refractivity contribution >= 4 is 28.2 Å². The quantitative estimate of drug-likeness (QED) is 0.702. The average molecular weight is 313 g/mol. The lowest BCUT2D eigenvalue weighted by Gasteiger charge is -2.13. The maximum Gasteiger partial charge on any atom is 0.265 e. The predicted octanol–water partition coefficient (Wildman–Crippen LogP) is 0.418. The Balaban J connectivity index is 1.96. The number of thiazole rings is 1. The zero-order valence-corrected chi connectivity index (χ0v) is 13.3. The molecule has 0 aromatic carbocycles. The van der Waals surface area contributed by atoms with E-state index in [-0.39, 0.29) is 23.9 Å². The van der Waals surface area contributed by atoms with Gasteiger partial charge in [-0.25, -0.2) is 4.98 Å². The van der Waals surface area contributed by atoms with Crippen molar-refractivity contribution in [1.82, 2.24) is 10.3 Å². The second-order valence-corrected chi connectivity index (χ2v) is 6.16. The number of nitrogens with one attached hydrogen (secondary N) is 1. The molecule has 1 aliphatic rings. The molecule has 2 atom stereocenters. The van der Waals surface area contributed by atoms with E-state index in [1.54, 1.807) is 0 Å². The molecule has 0 aliphatic carbocycles. The van der Waals surface area contributed by atoms with Crippen LogP contribution in [0.15, 0.2) is 0 Å². The molecule has 1 aromatic rings. The molecule has 0 bridgehead atoms. The standard InChI is InChI=1S/C13H23N5O2S/c1-3-20-8(2)6-16-12(19)10-11(15)17-13(21-10)18-5-4-9(14)7-18/h8-9H,3-7,14-15H2,1-2H3,(H,16,19). The van der Waals surface area contributed by atoms with Crippen molar-refractivity contribution in [2.75, 3.05) is 36.9 Å². The first kappa shape index (κ1) is 16.0. The smallest absolute Gasteiger partial charge is 0.265 e. The van der Waals surface area contributed by atoms with Crippen LogP contribution in [0, 0.1) is 0 Å². The maximum absolute atomic E-state index is 12.1. The second kappa shape index (κ2) is 7.06. The van der Waals surface area contributed by atoms with Crippen molar-refractivity contribution in [2.24, 2.45) is 5.73 Å². The van der Waals surface area contributed by atoms with Crippen LogP contribution in [0.1, 0.15) is 29.9 Å². The highest BCUT2D eigenvalue weighted by Crippen LogP contribution is 2.30. The van der Waals surface area contributed by atoms with E-state index in [0.29, 0.717) is 18.0 Å². The molecule has 8 heteroatoms. The molecule has 1 amide bonds. The molecule has 118 valence electrons. The van der Waals surface area contributed by atoms with Gasteiger partial charge < -0.3 is 26.4 Å². The summed E-state index contributed by atoms with van der Waals surface area (Å²) in [4.78, 5) is 19.0. The normalized spacial score (nSPS) is 19.8. The molecule has 0 spiro atoms. The number of nitrogen functional groups attached to an aromatic ring is 1. The number of aromatic nitrogens is 1. The number of hydrogen-bond donors (Lipinski definition) is 3. The number of nitrogens with two attached hydrogens (primary N) is 2. The Morgan fingerprint density at radius 2 is 2.43 bits per heavy atom. The van der Waals surface area contributed by atoms with Gasteiger partial charge in [-0.2, -0.15) is 0 Å². The first-order valence-corrected chi connectivity index (χ1v) is 7.99. The Hall–Kier alpha value is -1.38. The molecular formula is C13H23N5O2S. The Labute approximate surface area is 128 Å². The summed E-state index contributed by atoms with van der Waals surface area (Å²) in [5.74, 6) is 0.0725. The fraction of sp³-hybridized carbons (Fsp3) is 0.692. The topological polar surface area (TPSA) is 106 Å². The predicted molar refractivity (Wildman–Crippen MR) is 84.8 cm³/mol. The minimum absolute atomic E-state index is 0.0239. The molecule has 21 heavy (non-hydrogen) atoms. The van der Waals surface area contributed by atoms with Gasteiger partial charge >= 0.3 is 0 Å². The molecule has 1 saturated heterocycles. The summed E-state index contributed by atoms with van der Waals surface area (Å²) in [6.45, 7) is 6.53. The number of anilines is 2. The number of amides is 1. The lowest BCUT2D eigenvalue weighted by molar-refractivity contribution is 0.0697. The summed E-state index contributed by atoms with van der Waals surface area (Å²) in [6.07, 6.45) is 0.913. The molecule has 1 fully saturated rings. The highest BCUT2D eigenvalue weighted by atomic mass is 32.1. The third-order valence-corrected chi connectivity index (χ3v) is 4.48. The summed E-state index contributed by atoms with van der Waals surface area (Å²) in [5, 5.41) is 3.59. The monoisotopic (exact) mass is 313 g/mol. The number of nitrogens with zero attached hydrogens (tertiary/aromatic N) is 2. The summed E-state index contributed by atoms with van der Waals surface area (Å²) < 4.78 is 5.38. The average Bonchev–Trinajstić information content (AvgIpc) is 3.02. The van der Waals surface area contributed by atoms with Gasteiger partial charge in [0.15, 0.2) is 5.13 Å². The van der Waals surface area contributed by atoms with Crippen LogP contribution in [-0.2, 0) is 4.74 Å². The lowest BCUT2D eigenvalue weighted by Crippen LogP contribution is -2.32. The fourth-order valence-corrected chi connectivity index (χ4v) is 3.18. The van der Waals surface area contributed by atoms with Gasteiger partial charge in [0, 0.05) is 32.3 Å². The van der Waals surface area contributed by atoms with Crippen LogP contribution in [0.25, 0.3) is 0 Å². The Kier molecular flexibility index (Phi) is 5.38. The van der Waals surface area contributed by atoms with Crippen molar-refractivity contribution in [3.63, 3.8) is 0 Å². The molecule has 7 nitrogen and oxygen atoms in total. The first-order chi connectivity index (χ1) is 10.0. The summed E-state index contributed by atoms with van der Waals surface area (Å²) in [5.41, 5.74) is 11.7. The Morgan fingerprint density at radius 3 is 3.05 bits per heavy atom. The van der Waals surface area contributed by atoms with E-state index >= 15 is 0 Å². The van der Waals surface area contributed by atoms with Crippen LogP contribution in [0.5, 0.6) is 0 Å². The van der Waals surface area contributed by atoms with Gasteiger partial charge in [0.05, 0.1) is 6.10 Å². The minimum Gasteiger partial charge on any atom is -0.382 e. The van der Waals surface area contributed by atoms with E-state index in [1.165, 1.54) is 11.3 Å². The second-order valence-electron chi connectivity index (χ2n) is 5.18. The van der Waals surface area contributed by atoms with E-state index in [4.69, 9.17) is 16.2 Å². The molecule has 2 unspecified atom stereocenters. The molecule has 5 N–H and O–H groups in total. The molecule has 2 rings (SSSR count). The van der Waals surface area contributed by atoms with Crippen LogP contribution in [0.3, 0.4) is 0 Å². The summed E-state index contributed by atoms with van der Waals surface area (Å²) in [6, 6.07) is 0.166. The number of hydrogen-bond acceptors (Lipinski definition) is 7. The number of carbonyl (C=O) groups is 1. The van der Waals surface area contributed by atoms with Gasteiger partial charge in [0.1, 0.15) is 10.7 Å². The van der Waals surface area contributed by atoms with Crippen LogP contribution >= 0.6 is 11.3 Å². The van der Waals surface area contributed by atoms with E-state index < -0.39 is 0 Å². The number of rotatable bonds is 6. The van der Waals surface area contributed by atoms with Gasteiger partial charge in [0.25, 0.3) is 5.91 Å². The highest BCUT2D eigenvalue weighted by Gasteiger charge is 2.25. The molecule has 2 heterocycles. The van der Waals surface area contributed by atoms with Crippen molar-refractivity contribution < 1.29 is 9.53 Å². The highest BCUT2D eigenvalue weighted by molar-refractivity contribution is 7.18. The van der Waals surface area contributed by atoms with Crippen molar-refractivity contribution in [2.45, 2.75) is 32.4 Å². The van der Waals surface area contributed by atoms with Crippen molar-refractivity contribution in [1.29, 1.82) is 0 Å². The van der Waals surface area contributed by atoms with Gasteiger partial charge in [-0.05, 0) is 20.3 Å². The Morgan fingerprint density at radius 1 is 1.67 bits per heavy atom. The van der Waals surface area contributed by atoms with Crippen LogP contribution in [0.4, 0.5) is 10.9 Å². The minimum atomic E-state index is -0.203. The third kappa shape index (κ3) is 4.05. The van der Waals surface area contributed by atoms with E-state index in [9.17, 15) is 4.79 Å². The number of ether oxygens (including phenoxy) is 1. The maximum atomic E-state index is 12.1. The van der Waals surface area contributed by atoms with Crippen molar-refractivity contribution in [3.8, 4) is 0 Å². The van der Waals surface area contributed by atoms with Gasteiger partial charge in [0.2, 0.25) is 0 Å². The Bertz CT molecular complexity index is 493. The lowest BCUT2D eigenvalue weighted by atomic mass is 10.3. The van der Waals surface area contributed by atoms with E-state index in [2.05, 4.69) is 15.2 Å². The largest absolute Gasteiger partial charge is 0.382 e. The molecule has 0 saturated carbocycles. The summed E-state index contributed by atoms with van der Waals surface area (Å²) in [7, 11) is 0. The number of carbonyl (C=O) groups excluding carboxylic acids is 1. The van der Waals surface area contributed by atoms with Gasteiger partial charge in [-0.3, -0.25) is 4.79 Å². The third-order valence-electron chi connectivity index (χ3n) is 3.34. The SMILES string of the molecule is CCOC(C)CNC(=O)c1sc(N2CCC(N)C2)nc1N. The first-order valence-electron chi connectivity index (χ1n) is 7.17. The van der Waals surface area contributed by atoms with Crippen LogP contribution in [-0.4, -0.2) is 49.3 Å². The van der Waals surface area contributed by atoms with Crippen LogP contribution < -0.4 is 21.7 Å². The molecule has 0 radical (unpaired) electrons. The van der Waals surface area contributed by atoms with Crippen LogP contribution in [0.2, 0.25) is 0 Å². The zero-order chi connectivity index (χ0) is 15.4. The molecule has 1 aromatic heterocycles.